The maximum absolute atomic E-state index is 13.1. The van der Waals surface area contributed by atoms with Crippen molar-refractivity contribution in [3.8, 4) is 17.9 Å². The van der Waals surface area contributed by atoms with Gasteiger partial charge in [0.1, 0.15) is 11.6 Å². The fourth-order valence-corrected chi connectivity index (χ4v) is 1.61. The number of nitrogens with zero attached hydrogens (tertiary/aromatic N) is 3. The molecule has 94 valence electrons. The van der Waals surface area contributed by atoms with Crippen LogP contribution in [0.3, 0.4) is 0 Å². The van der Waals surface area contributed by atoms with Gasteiger partial charge in [-0.1, -0.05) is 0 Å². The topological polar surface area (TPSA) is 71.0 Å². The molecule has 1 N–H and O–H groups in total. The number of benzene rings is 1. The summed E-state index contributed by atoms with van der Waals surface area (Å²) >= 11 is 0. The predicted octanol–water partition coefficient (Wildman–Crippen LogP) is 2.16. The number of nitriles is 2. The fourth-order valence-electron chi connectivity index (χ4n) is 1.61. The van der Waals surface area contributed by atoms with Crippen molar-refractivity contribution in [3.05, 3.63) is 29.6 Å². The lowest BCUT2D eigenvalue weighted by Gasteiger charge is -2.20. The maximum Gasteiger partial charge on any atom is 0.123 e. The molecule has 0 spiro atoms. The Labute approximate surface area is 105 Å². The van der Waals surface area contributed by atoms with Crippen LogP contribution >= 0.6 is 0 Å². The minimum Gasteiger partial charge on any atom is -0.508 e. The second kappa shape index (κ2) is 7.26. The second-order valence-electron chi connectivity index (χ2n) is 3.87. The lowest BCUT2D eigenvalue weighted by Crippen LogP contribution is -2.25. The van der Waals surface area contributed by atoms with Crippen LogP contribution in [0.25, 0.3) is 0 Å². The van der Waals surface area contributed by atoms with Gasteiger partial charge in [-0.25, -0.2) is 4.39 Å². The Balaban J connectivity index is 2.72. The Morgan fingerprint density at radius 1 is 1.17 bits per heavy atom. The molecular weight excluding hydrogens is 233 g/mol. The van der Waals surface area contributed by atoms with Crippen LogP contribution in [0.1, 0.15) is 18.4 Å². The molecule has 4 nitrogen and oxygen atoms in total. The van der Waals surface area contributed by atoms with Crippen molar-refractivity contribution in [1.82, 2.24) is 4.90 Å². The highest BCUT2D eigenvalue weighted by Gasteiger charge is 2.09. The van der Waals surface area contributed by atoms with Gasteiger partial charge in [-0.15, -0.1) is 0 Å². The number of hydrogen-bond acceptors (Lipinski definition) is 4. The molecule has 0 radical (unpaired) electrons. The molecule has 0 aliphatic heterocycles. The molecule has 0 saturated heterocycles. The summed E-state index contributed by atoms with van der Waals surface area (Å²) in [5.74, 6) is -0.390. The molecule has 0 unspecified atom stereocenters. The highest BCUT2D eigenvalue weighted by Crippen LogP contribution is 2.19. The van der Waals surface area contributed by atoms with Gasteiger partial charge in [0.15, 0.2) is 0 Å². The van der Waals surface area contributed by atoms with Crippen molar-refractivity contribution in [2.24, 2.45) is 0 Å². The van der Waals surface area contributed by atoms with E-state index in [0.29, 0.717) is 38.0 Å². The Bertz CT molecular complexity index is 458. The van der Waals surface area contributed by atoms with E-state index in [1.54, 1.807) is 0 Å². The quantitative estimate of drug-likeness (QED) is 0.836. The van der Waals surface area contributed by atoms with E-state index in [1.165, 1.54) is 18.2 Å². The third-order valence-electron chi connectivity index (χ3n) is 2.52. The first-order valence-electron chi connectivity index (χ1n) is 5.61. The van der Waals surface area contributed by atoms with Crippen LogP contribution in [0, 0.1) is 28.5 Å². The van der Waals surface area contributed by atoms with E-state index in [2.05, 4.69) is 0 Å². The number of phenolic OH excluding ortho intramolecular Hbond substituents is 1. The lowest BCUT2D eigenvalue weighted by molar-refractivity contribution is 0.273. The van der Waals surface area contributed by atoms with Gasteiger partial charge in [0, 0.05) is 38.0 Å². The van der Waals surface area contributed by atoms with E-state index < -0.39 is 5.82 Å². The average molecular weight is 247 g/mol. The maximum atomic E-state index is 13.1. The minimum absolute atomic E-state index is 0.0234. The van der Waals surface area contributed by atoms with Crippen LogP contribution in [0.5, 0.6) is 5.75 Å². The van der Waals surface area contributed by atoms with Gasteiger partial charge in [-0.05, 0) is 18.2 Å². The van der Waals surface area contributed by atoms with E-state index in [4.69, 9.17) is 10.5 Å². The first kappa shape index (κ1) is 14.0. The van der Waals surface area contributed by atoms with Crippen molar-refractivity contribution >= 4 is 0 Å². The van der Waals surface area contributed by atoms with Crippen molar-refractivity contribution in [1.29, 1.82) is 10.5 Å². The standard InChI is InChI=1S/C13H14FN3O/c14-12-3-4-13(18)11(9-12)10-17(7-1-5-15)8-2-6-16/h3-4,9,18H,1-2,7-8,10H2. The summed E-state index contributed by atoms with van der Waals surface area (Å²) in [4.78, 5) is 1.85. The van der Waals surface area contributed by atoms with Gasteiger partial charge in [-0.3, -0.25) is 4.90 Å². The molecule has 0 atom stereocenters. The van der Waals surface area contributed by atoms with Crippen molar-refractivity contribution in [2.45, 2.75) is 19.4 Å². The predicted molar refractivity (Wildman–Crippen MR) is 63.8 cm³/mol. The smallest absolute Gasteiger partial charge is 0.123 e. The molecule has 18 heavy (non-hydrogen) atoms. The number of halogens is 1. The van der Waals surface area contributed by atoms with Crippen molar-refractivity contribution < 1.29 is 9.50 Å². The molecule has 0 amide bonds. The van der Waals surface area contributed by atoms with E-state index in [1.807, 2.05) is 17.0 Å². The average Bonchev–Trinajstić information content (AvgIpc) is 2.37. The zero-order chi connectivity index (χ0) is 13.4. The minimum atomic E-state index is -0.414. The Kier molecular flexibility index (Phi) is 5.63. The summed E-state index contributed by atoms with van der Waals surface area (Å²) in [5.41, 5.74) is 0.464. The Morgan fingerprint density at radius 3 is 2.33 bits per heavy atom. The Hall–Kier alpha value is -2.11. The van der Waals surface area contributed by atoms with E-state index in [-0.39, 0.29) is 5.75 Å². The van der Waals surface area contributed by atoms with Crippen LogP contribution in [-0.4, -0.2) is 23.1 Å². The van der Waals surface area contributed by atoms with Gasteiger partial charge >= 0.3 is 0 Å². The Morgan fingerprint density at radius 2 is 1.78 bits per heavy atom. The molecule has 0 fully saturated rings. The SMILES string of the molecule is N#CCCN(CCC#N)Cc1cc(F)ccc1O. The molecule has 1 rings (SSSR count). The summed E-state index contributed by atoms with van der Waals surface area (Å²) in [7, 11) is 0. The first-order chi connectivity index (χ1) is 8.67. The molecule has 0 saturated carbocycles. The second-order valence-corrected chi connectivity index (χ2v) is 3.87. The number of aromatic hydroxyl groups is 1. The monoisotopic (exact) mass is 247 g/mol. The largest absolute Gasteiger partial charge is 0.508 e. The lowest BCUT2D eigenvalue weighted by atomic mass is 10.1. The summed E-state index contributed by atoms with van der Waals surface area (Å²) in [6.45, 7) is 1.31. The van der Waals surface area contributed by atoms with E-state index >= 15 is 0 Å². The number of phenols is 1. The summed E-state index contributed by atoms with van der Waals surface area (Å²) in [6, 6.07) is 7.81. The molecular formula is C13H14FN3O. The number of hydrogen-bond donors (Lipinski definition) is 1. The third-order valence-corrected chi connectivity index (χ3v) is 2.52. The van der Waals surface area contributed by atoms with Gasteiger partial charge in [0.25, 0.3) is 0 Å². The van der Waals surface area contributed by atoms with Gasteiger partial charge in [0.05, 0.1) is 12.1 Å². The molecule has 1 aromatic carbocycles. The summed E-state index contributed by atoms with van der Waals surface area (Å²) in [5, 5.41) is 26.7. The highest BCUT2D eigenvalue weighted by atomic mass is 19.1. The van der Waals surface area contributed by atoms with E-state index in [9.17, 15) is 9.50 Å². The zero-order valence-corrected chi connectivity index (χ0v) is 9.93. The zero-order valence-electron chi connectivity index (χ0n) is 9.93. The molecule has 0 aliphatic carbocycles. The summed E-state index contributed by atoms with van der Waals surface area (Å²) in [6.07, 6.45) is 0.670. The van der Waals surface area contributed by atoms with Crippen molar-refractivity contribution in [3.63, 3.8) is 0 Å². The molecule has 5 heteroatoms. The summed E-state index contributed by atoms with van der Waals surface area (Å²) < 4.78 is 13.1. The first-order valence-corrected chi connectivity index (χ1v) is 5.61. The van der Waals surface area contributed by atoms with Gasteiger partial charge in [-0.2, -0.15) is 10.5 Å². The molecule has 0 aliphatic rings. The third kappa shape index (κ3) is 4.40. The highest BCUT2D eigenvalue weighted by molar-refractivity contribution is 5.32. The molecule has 0 heterocycles. The van der Waals surface area contributed by atoms with Crippen molar-refractivity contribution in [2.75, 3.05) is 13.1 Å². The molecule has 0 bridgehead atoms. The molecule has 0 aromatic heterocycles. The van der Waals surface area contributed by atoms with Crippen LogP contribution in [0.2, 0.25) is 0 Å². The fraction of sp³-hybridized carbons (Fsp3) is 0.385. The normalized spacial score (nSPS) is 10.0. The molecule has 1 aromatic rings. The number of rotatable bonds is 6. The van der Waals surface area contributed by atoms with E-state index in [0.717, 1.165) is 0 Å². The van der Waals surface area contributed by atoms with Crippen LogP contribution in [0.15, 0.2) is 18.2 Å². The van der Waals surface area contributed by atoms with Gasteiger partial charge < -0.3 is 5.11 Å². The van der Waals surface area contributed by atoms with Crippen LogP contribution < -0.4 is 0 Å². The van der Waals surface area contributed by atoms with Crippen LogP contribution in [-0.2, 0) is 6.54 Å². The van der Waals surface area contributed by atoms with Crippen LogP contribution in [0.4, 0.5) is 4.39 Å². The van der Waals surface area contributed by atoms with Gasteiger partial charge in [0.2, 0.25) is 0 Å².